The number of hydrogen-bond donors (Lipinski definition) is 0. The molecule has 2 aromatic carbocycles. The van der Waals surface area contributed by atoms with Gasteiger partial charge in [-0.2, -0.15) is 0 Å². The monoisotopic (exact) mass is 284 g/mol. The molecule has 0 aliphatic rings. The second kappa shape index (κ2) is 7.58. The third-order valence-electron chi connectivity index (χ3n) is 3.66. The van der Waals surface area contributed by atoms with Crippen LogP contribution in [0.3, 0.4) is 0 Å². The van der Waals surface area contributed by atoms with Gasteiger partial charge in [-0.3, -0.25) is 4.79 Å². The van der Waals surface area contributed by atoms with E-state index in [4.69, 9.17) is 4.74 Å². The first-order valence-corrected chi connectivity index (χ1v) is 7.33. The van der Waals surface area contributed by atoms with E-state index in [1.807, 2.05) is 18.2 Å². The minimum absolute atomic E-state index is 0.0817. The van der Waals surface area contributed by atoms with Crippen LogP contribution in [-0.2, 0) is 14.3 Å². The number of ether oxygens (including phenoxy) is 1. The van der Waals surface area contributed by atoms with Crippen molar-refractivity contribution in [2.24, 2.45) is 0 Å². The lowest BCUT2D eigenvalue weighted by molar-refractivity contribution is -0.143. The van der Waals surface area contributed by atoms with Gasteiger partial charge in [0.25, 0.3) is 0 Å². The summed E-state index contributed by atoms with van der Waals surface area (Å²) in [5, 5.41) is 2.32. The van der Waals surface area contributed by atoms with E-state index >= 15 is 0 Å². The van der Waals surface area contributed by atoms with Gasteiger partial charge in [0.1, 0.15) is 6.29 Å². The molecule has 3 nitrogen and oxygen atoms in total. The normalized spacial score (nSPS) is 12.0. The Balaban J connectivity index is 2.19. The first kappa shape index (κ1) is 15.2. The summed E-state index contributed by atoms with van der Waals surface area (Å²) in [4.78, 5) is 22.2. The van der Waals surface area contributed by atoms with E-state index in [2.05, 4.69) is 24.3 Å². The highest BCUT2D eigenvalue weighted by molar-refractivity contribution is 5.86. The van der Waals surface area contributed by atoms with Gasteiger partial charge in [0.05, 0.1) is 6.61 Å². The predicted molar refractivity (Wildman–Crippen MR) is 83.2 cm³/mol. The summed E-state index contributed by atoms with van der Waals surface area (Å²) in [6.45, 7) is 2.13. The molecule has 3 heteroatoms. The largest absolute Gasteiger partial charge is 0.466 e. The van der Waals surface area contributed by atoms with Crippen LogP contribution in [0.15, 0.2) is 42.5 Å². The lowest BCUT2D eigenvalue weighted by Crippen LogP contribution is -2.09. The molecule has 0 amide bonds. The standard InChI is InChI=1S/C18H20O3/c1-2-18(20)21-13-11-15(10-12-19)17-9-5-7-14-6-3-4-8-16(14)17/h3-9,12,15H,2,10-11,13H2,1H3. The Bertz CT molecular complexity index is 613. The number of aldehydes is 1. The number of carbonyl (C=O) groups is 2. The topological polar surface area (TPSA) is 43.4 Å². The zero-order valence-corrected chi connectivity index (χ0v) is 12.2. The number of benzene rings is 2. The molecule has 0 aliphatic carbocycles. The van der Waals surface area contributed by atoms with Gasteiger partial charge in [-0.05, 0) is 28.7 Å². The third kappa shape index (κ3) is 3.91. The molecule has 0 spiro atoms. The fourth-order valence-corrected chi connectivity index (χ4v) is 2.54. The summed E-state index contributed by atoms with van der Waals surface area (Å²) in [6.07, 6.45) is 2.43. The molecule has 21 heavy (non-hydrogen) atoms. The fourth-order valence-electron chi connectivity index (χ4n) is 2.54. The van der Waals surface area contributed by atoms with Crippen molar-refractivity contribution < 1.29 is 14.3 Å². The molecular formula is C18H20O3. The lowest BCUT2D eigenvalue weighted by Gasteiger charge is -2.17. The second-order valence-corrected chi connectivity index (χ2v) is 5.03. The SMILES string of the molecule is CCC(=O)OCCC(CC=O)c1cccc2ccccc12. The van der Waals surface area contributed by atoms with Crippen molar-refractivity contribution in [2.45, 2.75) is 32.1 Å². The van der Waals surface area contributed by atoms with Gasteiger partial charge >= 0.3 is 5.97 Å². The smallest absolute Gasteiger partial charge is 0.305 e. The van der Waals surface area contributed by atoms with Crippen molar-refractivity contribution in [3.8, 4) is 0 Å². The van der Waals surface area contributed by atoms with E-state index in [0.717, 1.165) is 22.6 Å². The zero-order valence-electron chi connectivity index (χ0n) is 12.2. The molecule has 2 rings (SSSR count). The average molecular weight is 284 g/mol. The highest BCUT2D eigenvalue weighted by Gasteiger charge is 2.14. The van der Waals surface area contributed by atoms with E-state index in [1.54, 1.807) is 6.92 Å². The van der Waals surface area contributed by atoms with Crippen LogP contribution in [0.4, 0.5) is 0 Å². The maximum Gasteiger partial charge on any atom is 0.305 e. The van der Waals surface area contributed by atoms with Crippen molar-refractivity contribution >= 4 is 23.0 Å². The molecule has 110 valence electrons. The Hall–Kier alpha value is -2.16. The van der Waals surface area contributed by atoms with Crippen LogP contribution in [0.1, 0.15) is 37.7 Å². The molecule has 0 N–H and O–H groups in total. The molecular weight excluding hydrogens is 264 g/mol. The molecule has 0 heterocycles. The van der Waals surface area contributed by atoms with Gasteiger partial charge in [0, 0.05) is 12.8 Å². The number of rotatable bonds is 7. The Morgan fingerprint density at radius 1 is 1.19 bits per heavy atom. The van der Waals surface area contributed by atoms with Gasteiger partial charge in [0.2, 0.25) is 0 Å². The van der Waals surface area contributed by atoms with E-state index in [9.17, 15) is 9.59 Å². The molecule has 0 radical (unpaired) electrons. The summed E-state index contributed by atoms with van der Waals surface area (Å²) in [5.41, 5.74) is 1.15. The van der Waals surface area contributed by atoms with Crippen LogP contribution in [-0.4, -0.2) is 18.9 Å². The maximum absolute atomic E-state index is 11.2. The van der Waals surface area contributed by atoms with Crippen LogP contribution in [0.2, 0.25) is 0 Å². The minimum atomic E-state index is -0.197. The first-order chi connectivity index (χ1) is 10.3. The highest BCUT2D eigenvalue weighted by Crippen LogP contribution is 2.29. The number of esters is 1. The van der Waals surface area contributed by atoms with E-state index < -0.39 is 0 Å². The van der Waals surface area contributed by atoms with Gasteiger partial charge in [-0.15, -0.1) is 0 Å². The summed E-state index contributed by atoms with van der Waals surface area (Å²) in [6, 6.07) is 14.3. The Kier molecular flexibility index (Phi) is 5.50. The molecule has 0 fully saturated rings. The third-order valence-corrected chi connectivity index (χ3v) is 3.66. The van der Waals surface area contributed by atoms with Gasteiger partial charge in [-0.1, -0.05) is 49.4 Å². The maximum atomic E-state index is 11.2. The van der Waals surface area contributed by atoms with Crippen molar-refractivity contribution in [1.29, 1.82) is 0 Å². The number of fused-ring (bicyclic) bond motifs is 1. The molecule has 0 aliphatic heterocycles. The lowest BCUT2D eigenvalue weighted by atomic mass is 9.89. The van der Waals surface area contributed by atoms with Crippen molar-refractivity contribution in [3.05, 3.63) is 48.0 Å². The molecule has 0 saturated carbocycles. The highest BCUT2D eigenvalue weighted by atomic mass is 16.5. The van der Waals surface area contributed by atoms with E-state index in [-0.39, 0.29) is 11.9 Å². The van der Waals surface area contributed by atoms with Gasteiger partial charge < -0.3 is 9.53 Å². The Morgan fingerprint density at radius 3 is 2.71 bits per heavy atom. The van der Waals surface area contributed by atoms with Gasteiger partial charge in [-0.25, -0.2) is 0 Å². The summed E-state index contributed by atoms with van der Waals surface area (Å²) in [7, 11) is 0. The van der Waals surface area contributed by atoms with Crippen LogP contribution >= 0.6 is 0 Å². The van der Waals surface area contributed by atoms with Crippen LogP contribution in [0.25, 0.3) is 10.8 Å². The molecule has 2 aromatic rings. The predicted octanol–water partition coefficient (Wildman–Crippen LogP) is 3.86. The van der Waals surface area contributed by atoms with Crippen molar-refractivity contribution in [2.75, 3.05) is 6.61 Å². The summed E-state index contributed by atoms with van der Waals surface area (Å²) < 4.78 is 5.15. The number of hydrogen-bond acceptors (Lipinski definition) is 3. The molecule has 0 saturated heterocycles. The average Bonchev–Trinajstić information content (AvgIpc) is 2.53. The fraction of sp³-hybridized carbons (Fsp3) is 0.333. The summed E-state index contributed by atoms with van der Waals surface area (Å²) in [5.74, 6) is -0.115. The van der Waals surface area contributed by atoms with E-state index in [1.165, 1.54) is 0 Å². The van der Waals surface area contributed by atoms with Crippen LogP contribution < -0.4 is 0 Å². The van der Waals surface area contributed by atoms with Crippen LogP contribution in [0, 0.1) is 0 Å². The quantitative estimate of drug-likeness (QED) is 0.573. The Labute approximate surface area is 124 Å². The molecule has 1 atom stereocenters. The van der Waals surface area contributed by atoms with Crippen molar-refractivity contribution in [3.63, 3.8) is 0 Å². The first-order valence-electron chi connectivity index (χ1n) is 7.33. The van der Waals surface area contributed by atoms with Crippen LogP contribution in [0.5, 0.6) is 0 Å². The Morgan fingerprint density at radius 2 is 1.95 bits per heavy atom. The summed E-state index contributed by atoms with van der Waals surface area (Å²) >= 11 is 0. The molecule has 0 aromatic heterocycles. The van der Waals surface area contributed by atoms with Crippen molar-refractivity contribution in [1.82, 2.24) is 0 Å². The second-order valence-electron chi connectivity index (χ2n) is 5.03. The molecule has 0 bridgehead atoms. The van der Waals surface area contributed by atoms with E-state index in [0.29, 0.717) is 25.9 Å². The molecule has 1 unspecified atom stereocenters. The minimum Gasteiger partial charge on any atom is -0.466 e. The zero-order chi connectivity index (χ0) is 15.1. The van der Waals surface area contributed by atoms with Gasteiger partial charge in [0.15, 0.2) is 0 Å². The number of carbonyl (C=O) groups excluding carboxylic acids is 2.